The van der Waals surface area contributed by atoms with Crippen LogP contribution in [0.15, 0.2) is 23.6 Å². The first-order chi connectivity index (χ1) is 13.0. The third kappa shape index (κ3) is 4.97. The topological polar surface area (TPSA) is 72.9 Å². The number of hydrogen-bond donors (Lipinski definition) is 1. The summed E-state index contributed by atoms with van der Waals surface area (Å²) in [6.45, 7) is 6.67. The highest BCUT2D eigenvalue weighted by Gasteiger charge is 2.23. The summed E-state index contributed by atoms with van der Waals surface area (Å²) in [5.41, 5.74) is 1.38. The highest BCUT2D eigenvalue weighted by molar-refractivity contribution is 7.14. The zero-order valence-electron chi connectivity index (χ0n) is 16.0. The zero-order chi connectivity index (χ0) is 19.4. The number of hydrogen-bond acceptors (Lipinski definition) is 7. The van der Waals surface area contributed by atoms with Gasteiger partial charge >= 0.3 is 0 Å². The molecule has 27 heavy (non-hydrogen) atoms. The van der Waals surface area contributed by atoms with Crippen molar-refractivity contribution >= 4 is 22.4 Å². The molecule has 7 nitrogen and oxygen atoms in total. The molecule has 2 atom stereocenters. The lowest BCUT2D eigenvalue weighted by Gasteiger charge is -2.34. The first-order valence-electron chi connectivity index (χ1n) is 8.84. The Morgan fingerprint density at radius 2 is 2.04 bits per heavy atom. The second kappa shape index (κ2) is 8.69. The second-order valence-corrected chi connectivity index (χ2v) is 7.47. The standard InChI is InChI=1S/C19H25N3O4S/c1-12-8-22(9-13(2)26-12)10-14-11-27-19(20-14)21-18(23)16-6-5-15(24-3)7-17(16)25-4/h5-7,11-13H,8-10H2,1-4H3,(H,20,21,23). The molecule has 0 spiro atoms. The van der Waals surface area contributed by atoms with Gasteiger partial charge in [-0.1, -0.05) is 0 Å². The Bertz CT molecular complexity index is 785. The van der Waals surface area contributed by atoms with Crippen molar-refractivity contribution in [2.75, 3.05) is 32.6 Å². The maximum Gasteiger partial charge on any atom is 0.261 e. The van der Waals surface area contributed by atoms with Crippen LogP contribution in [0.4, 0.5) is 5.13 Å². The van der Waals surface area contributed by atoms with Gasteiger partial charge in [-0.3, -0.25) is 15.0 Å². The van der Waals surface area contributed by atoms with Crippen molar-refractivity contribution in [1.82, 2.24) is 9.88 Å². The van der Waals surface area contributed by atoms with E-state index in [4.69, 9.17) is 14.2 Å². The van der Waals surface area contributed by atoms with Gasteiger partial charge in [0.15, 0.2) is 5.13 Å². The monoisotopic (exact) mass is 391 g/mol. The van der Waals surface area contributed by atoms with E-state index in [0.717, 1.165) is 25.3 Å². The molecular weight excluding hydrogens is 366 g/mol. The van der Waals surface area contributed by atoms with Crippen LogP contribution in [0.3, 0.4) is 0 Å². The molecule has 1 aromatic heterocycles. The van der Waals surface area contributed by atoms with Crippen molar-refractivity contribution in [3.05, 3.63) is 34.8 Å². The van der Waals surface area contributed by atoms with Crippen molar-refractivity contribution in [3.8, 4) is 11.5 Å². The van der Waals surface area contributed by atoms with E-state index < -0.39 is 0 Å². The lowest BCUT2D eigenvalue weighted by atomic mass is 10.2. The Hall–Kier alpha value is -2.16. The zero-order valence-corrected chi connectivity index (χ0v) is 16.8. The SMILES string of the molecule is COc1ccc(C(=O)Nc2nc(CN3CC(C)OC(C)C3)cs2)c(OC)c1. The molecule has 0 aliphatic carbocycles. The minimum absolute atomic E-state index is 0.217. The predicted octanol–water partition coefficient (Wildman–Crippen LogP) is 3.02. The maximum atomic E-state index is 12.6. The van der Waals surface area contributed by atoms with Crippen LogP contribution >= 0.6 is 11.3 Å². The third-order valence-electron chi connectivity index (χ3n) is 4.31. The normalized spacial score (nSPS) is 20.3. The summed E-state index contributed by atoms with van der Waals surface area (Å²) in [4.78, 5) is 19.5. The third-order valence-corrected chi connectivity index (χ3v) is 5.11. The average molecular weight is 391 g/mol. The fraction of sp³-hybridized carbons (Fsp3) is 0.474. The van der Waals surface area contributed by atoms with Crippen LogP contribution < -0.4 is 14.8 Å². The first kappa shape index (κ1) is 19.6. The molecule has 8 heteroatoms. The van der Waals surface area contributed by atoms with Gasteiger partial charge in [0.05, 0.1) is 37.7 Å². The number of amides is 1. The van der Waals surface area contributed by atoms with E-state index in [0.29, 0.717) is 22.2 Å². The number of nitrogens with zero attached hydrogens (tertiary/aromatic N) is 2. The van der Waals surface area contributed by atoms with Gasteiger partial charge in [-0.05, 0) is 26.0 Å². The number of anilines is 1. The molecule has 1 N–H and O–H groups in total. The Kier molecular flexibility index (Phi) is 6.30. The fourth-order valence-corrected chi connectivity index (χ4v) is 3.93. The number of carbonyl (C=O) groups is 1. The number of benzene rings is 1. The molecular formula is C19H25N3O4S. The number of thiazole rings is 1. The van der Waals surface area contributed by atoms with E-state index in [2.05, 4.69) is 29.0 Å². The Morgan fingerprint density at radius 3 is 2.70 bits per heavy atom. The fourth-order valence-electron chi connectivity index (χ4n) is 3.23. The Balaban J connectivity index is 1.64. The number of ether oxygens (including phenoxy) is 3. The van der Waals surface area contributed by atoms with Gasteiger partial charge in [0, 0.05) is 31.1 Å². The van der Waals surface area contributed by atoms with Gasteiger partial charge in [0.25, 0.3) is 5.91 Å². The molecule has 2 heterocycles. The van der Waals surface area contributed by atoms with Crippen molar-refractivity contribution in [2.24, 2.45) is 0 Å². The number of morpholine rings is 1. The molecule has 146 valence electrons. The number of nitrogens with one attached hydrogen (secondary N) is 1. The number of rotatable bonds is 6. The first-order valence-corrected chi connectivity index (χ1v) is 9.72. The second-order valence-electron chi connectivity index (χ2n) is 6.62. The van der Waals surface area contributed by atoms with Gasteiger partial charge < -0.3 is 14.2 Å². The molecule has 0 saturated carbocycles. The molecule has 1 amide bonds. The van der Waals surface area contributed by atoms with E-state index in [9.17, 15) is 4.79 Å². The summed E-state index contributed by atoms with van der Waals surface area (Å²) >= 11 is 1.42. The highest BCUT2D eigenvalue weighted by atomic mass is 32.1. The van der Waals surface area contributed by atoms with Crippen LogP contribution in [0.1, 0.15) is 29.9 Å². The average Bonchev–Trinajstić information content (AvgIpc) is 3.06. The predicted molar refractivity (Wildman–Crippen MR) is 105 cm³/mol. The summed E-state index contributed by atoms with van der Waals surface area (Å²) < 4.78 is 16.2. The molecule has 1 aliphatic heterocycles. The highest BCUT2D eigenvalue weighted by Crippen LogP contribution is 2.26. The minimum Gasteiger partial charge on any atom is -0.497 e. The van der Waals surface area contributed by atoms with Crippen molar-refractivity contribution in [1.29, 1.82) is 0 Å². The van der Waals surface area contributed by atoms with E-state index in [1.54, 1.807) is 25.3 Å². The van der Waals surface area contributed by atoms with E-state index in [-0.39, 0.29) is 18.1 Å². The Morgan fingerprint density at radius 1 is 1.30 bits per heavy atom. The van der Waals surface area contributed by atoms with Crippen LogP contribution in [-0.2, 0) is 11.3 Å². The number of methoxy groups -OCH3 is 2. The summed E-state index contributed by atoms with van der Waals surface area (Å²) in [7, 11) is 3.10. The molecule has 3 rings (SSSR count). The molecule has 1 aromatic carbocycles. The molecule has 0 bridgehead atoms. The molecule has 2 unspecified atom stereocenters. The van der Waals surface area contributed by atoms with Gasteiger partial charge in [-0.25, -0.2) is 4.98 Å². The molecule has 2 aromatic rings. The molecule has 1 saturated heterocycles. The smallest absolute Gasteiger partial charge is 0.261 e. The van der Waals surface area contributed by atoms with E-state index in [1.807, 2.05) is 5.38 Å². The lowest BCUT2D eigenvalue weighted by molar-refractivity contribution is -0.0707. The summed E-state index contributed by atoms with van der Waals surface area (Å²) in [6.07, 6.45) is 0.434. The number of carbonyl (C=O) groups excluding carboxylic acids is 1. The van der Waals surface area contributed by atoms with Crippen molar-refractivity contribution in [2.45, 2.75) is 32.6 Å². The van der Waals surface area contributed by atoms with Gasteiger partial charge in [-0.2, -0.15) is 0 Å². The van der Waals surface area contributed by atoms with Crippen LogP contribution in [0.5, 0.6) is 11.5 Å². The quantitative estimate of drug-likeness (QED) is 0.816. The molecule has 1 fully saturated rings. The summed E-state index contributed by atoms with van der Waals surface area (Å²) in [5, 5.41) is 5.40. The lowest BCUT2D eigenvalue weighted by Crippen LogP contribution is -2.44. The molecule has 0 radical (unpaired) electrons. The van der Waals surface area contributed by atoms with Gasteiger partial charge in [0.1, 0.15) is 11.5 Å². The van der Waals surface area contributed by atoms with Gasteiger partial charge in [-0.15, -0.1) is 11.3 Å². The maximum absolute atomic E-state index is 12.6. The summed E-state index contributed by atoms with van der Waals surface area (Å²) in [6, 6.07) is 5.09. The molecule has 1 aliphatic rings. The van der Waals surface area contributed by atoms with E-state index >= 15 is 0 Å². The summed E-state index contributed by atoms with van der Waals surface area (Å²) in [5.74, 6) is 0.831. The van der Waals surface area contributed by atoms with Crippen LogP contribution in [0.2, 0.25) is 0 Å². The van der Waals surface area contributed by atoms with Crippen molar-refractivity contribution < 1.29 is 19.0 Å². The van der Waals surface area contributed by atoms with Crippen molar-refractivity contribution in [3.63, 3.8) is 0 Å². The van der Waals surface area contributed by atoms with Crippen LogP contribution in [0.25, 0.3) is 0 Å². The van der Waals surface area contributed by atoms with Gasteiger partial charge in [0.2, 0.25) is 0 Å². The van der Waals surface area contributed by atoms with Crippen LogP contribution in [0, 0.1) is 0 Å². The largest absolute Gasteiger partial charge is 0.497 e. The van der Waals surface area contributed by atoms with E-state index in [1.165, 1.54) is 18.4 Å². The van der Waals surface area contributed by atoms with Crippen LogP contribution in [-0.4, -0.2) is 55.3 Å². The minimum atomic E-state index is -0.260. The number of aromatic nitrogens is 1. The Labute approximate surface area is 163 Å².